The maximum Gasteiger partial charge on any atom is 0.310 e. The van der Waals surface area contributed by atoms with Crippen molar-refractivity contribution in [1.29, 1.82) is 0 Å². The average Bonchev–Trinajstić information content (AvgIpc) is 2.94. The summed E-state index contributed by atoms with van der Waals surface area (Å²) in [5.41, 5.74) is -0.948. The second kappa shape index (κ2) is 9.04. The van der Waals surface area contributed by atoms with Gasteiger partial charge in [-0.1, -0.05) is 32.6 Å². The summed E-state index contributed by atoms with van der Waals surface area (Å²) in [7, 11) is 1.56. The molecule has 1 saturated carbocycles. The molecule has 1 aromatic rings. The minimum atomic E-state index is -0.948. The molecular formula is C19H29NO5. The van der Waals surface area contributed by atoms with Crippen molar-refractivity contribution in [3.05, 3.63) is 23.7 Å². The Kier molecular flexibility index (Phi) is 7.05. The fourth-order valence-electron chi connectivity index (χ4n) is 3.56. The molecule has 1 aliphatic rings. The number of nitrogens with one attached hydrogen (secondary N) is 1. The highest BCUT2D eigenvalue weighted by Crippen LogP contribution is 2.38. The topological polar surface area (TPSA) is 88.8 Å². The molecule has 1 aromatic heterocycles. The van der Waals surface area contributed by atoms with E-state index in [4.69, 9.17) is 9.15 Å². The molecule has 6 nitrogen and oxygen atoms in total. The third kappa shape index (κ3) is 5.08. The molecule has 2 N–H and O–H groups in total. The van der Waals surface area contributed by atoms with Crippen molar-refractivity contribution >= 4 is 11.9 Å². The highest BCUT2D eigenvalue weighted by molar-refractivity contribution is 5.85. The summed E-state index contributed by atoms with van der Waals surface area (Å²) in [4.78, 5) is 24.5. The van der Waals surface area contributed by atoms with Gasteiger partial charge in [0, 0.05) is 20.0 Å². The fourth-order valence-corrected chi connectivity index (χ4v) is 3.56. The van der Waals surface area contributed by atoms with Crippen LogP contribution in [0.3, 0.4) is 0 Å². The van der Waals surface area contributed by atoms with Gasteiger partial charge in [0.05, 0.1) is 12.0 Å². The molecule has 1 unspecified atom stereocenters. The summed E-state index contributed by atoms with van der Waals surface area (Å²) in [5.74, 6) is 0.355. The van der Waals surface area contributed by atoms with Crippen LogP contribution >= 0.6 is 0 Å². The van der Waals surface area contributed by atoms with Gasteiger partial charge < -0.3 is 19.6 Å². The van der Waals surface area contributed by atoms with Crippen LogP contribution in [0.5, 0.6) is 0 Å². The van der Waals surface area contributed by atoms with E-state index in [1.165, 1.54) is 0 Å². The number of carboxylic acids is 1. The number of furan rings is 1. The maximum atomic E-state index is 12.6. The third-order valence-corrected chi connectivity index (χ3v) is 5.06. The van der Waals surface area contributed by atoms with E-state index in [0.29, 0.717) is 18.6 Å². The highest BCUT2D eigenvalue weighted by Gasteiger charge is 2.41. The summed E-state index contributed by atoms with van der Waals surface area (Å²) in [6, 6.07) is 3.31. The smallest absolute Gasteiger partial charge is 0.310 e. The van der Waals surface area contributed by atoms with Crippen LogP contribution in [0.25, 0.3) is 0 Å². The largest absolute Gasteiger partial charge is 0.481 e. The molecule has 1 atom stereocenters. The normalized spacial score (nSPS) is 18.3. The molecule has 6 heteroatoms. The predicted octanol–water partition coefficient (Wildman–Crippen LogP) is 3.46. The lowest BCUT2D eigenvalue weighted by molar-refractivity contribution is -0.153. The number of carbonyl (C=O) groups excluding carboxylic acids is 1. The van der Waals surface area contributed by atoms with Crippen molar-refractivity contribution < 1.29 is 23.8 Å². The van der Waals surface area contributed by atoms with E-state index < -0.39 is 17.4 Å². The number of carbonyl (C=O) groups is 2. The first-order valence-electron chi connectivity index (χ1n) is 9.11. The minimum absolute atomic E-state index is 0.00386. The maximum absolute atomic E-state index is 12.6. The monoisotopic (exact) mass is 351 g/mol. The molecule has 0 aromatic carbocycles. The van der Waals surface area contributed by atoms with Crippen molar-refractivity contribution in [2.45, 2.75) is 64.3 Å². The van der Waals surface area contributed by atoms with E-state index in [2.05, 4.69) is 5.32 Å². The molecule has 1 heterocycles. The lowest BCUT2D eigenvalue weighted by Crippen LogP contribution is -2.39. The third-order valence-electron chi connectivity index (χ3n) is 5.06. The van der Waals surface area contributed by atoms with E-state index in [1.54, 1.807) is 7.11 Å². The van der Waals surface area contributed by atoms with Gasteiger partial charge in [-0.15, -0.1) is 0 Å². The van der Waals surface area contributed by atoms with E-state index in [0.717, 1.165) is 37.9 Å². The molecule has 140 valence electrons. The van der Waals surface area contributed by atoms with Gasteiger partial charge in [0.15, 0.2) is 0 Å². The van der Waals surface area contributed by atoms with E-state index in [-0.39, 0.29) is 18.9 Å². The van der Waals surface area contributed by atoms with Crippen LogP contribution in [0, 0.1) is 5.41 Å². The number of amides is 1. The van der Waals surface area contributed by atoms with Gasteiger partial charge in [-0.05, 0) is 25.0 Å². The number of ether oxygens (including phenoxy) is 1. The number of rotatable bonds is 8. The van der Waals surface area contributed by atoms with Crippen LogP contribution in [-0.4, -0.2) is 30.7 Å². The van der Waals surface area contributed by atoms with Crippen molar-refractivity contribution in [2.24, 2.45) is 5.41 Å². The lowest BCUT2D eigenvalue weighted by Gasteiger charge is -2.28. The summed E-state index contributed by atoms with van der Waals surface area (Å²) in [6.45, 7) is 2.28. The molecule has 1 aliphatic carbocycles. The Morgan fingerprint density at radius 2 is 1.96 bits per heavy atom. The summed E-state index contributed by atoms with van der Waals surface area (Å²) >= 11 is 0. The summed E-state index contributed by atoms with van der Waals surface area (Å²) < 4.78 is 10.9. The van der Waals surface area contributed by atoms with Gasteiger partial charge in [0.2, 0.25) is 5.91 Å². The predicted molar refractivity (Wildman–Crippen MR) is 93.2 cm³/mol. The summed E-state index contributed by atoms with van der Waals surface area (Å²) in [6.07, 6.45) is 5.69. The van der Waals surface area contributed by atoms with E-state index >= 15 is 0 Å². The number of aryl methyl sites for hydroxylation is 1. The van der Waals surface area contributed by atoms with Gasteiger partial charge in [0.1, 0.15) is 17.6 Å². The van der Waals surface area contributed by atoms with Gasteiger partial charge >= 0.3 is 5.97 Å². The molecule has 1 fully saturated rings. The van der Waals surface area contributed by atoms with Crippen molar-refractivity contribution in [2.75, 3.05) is 13.7 Å². The number of carboxylic acid groups (broad SMARTS) is 1. The van der Waals surface area contributed by atoms with Crippen LogP contribution in [0.1, 0.15) is 69.4 Å². The Labute approximate surface area is 148 Å². The second-order valence-electron chi connectivity index (χ2n) is 6.91. The number of aliphatic carboxylic acids is 1. The lowest BCUT2D eigenvalue weighted by atomic mass is 9.77. The van der Waals surface area contributed by atoms with Gasteiger partial charge in [0.25, 0.3) is 0 Å². The van der Waals surface area contributed by atoms with Crippen LogP contribution in [0.15, 0.2) is 16.5 Å². The van der Waals surface area contributed by atoms with Crippen LogP contribution in [0.4, 0.5) is 0 Å². The Hall–Kier alpha value is -1.82. The first kappa shape index (κ1) is 19.5. The minimum Gasteiger partial charge on any atom is -0.481 e. The van der Waals surface area contributed by atoms with Crippen LogP contribution in [-0.2, 0) is 20.7 Å². The number of hydrogen-bond donors (Lipinski definition) is 2. The van der Waals surface area contributed by atoms with Gasteiger partial charge in [-0.25, -0.2) is 0 Å². The number of hydrogen-bond acceptors (Lipinski definition) is 4. The molecule has 0 aliphatic heterocycles. The van der Waals surface area contributed by atoms with Gasteiger partial charge in [-0.2, -0.15) is 0 Å². The first-order chi connectivity index (χ1) is 12.0. The molecule has 0 saturated heterocycles. The fraction of sp³-hybridized carbons (Fsp3) is 0.684. The molecule has 2 rings (SSSR count). The zero-order chi connectivity index (χ0) is 18.3. The van der Waals surface area contributed by atoms with Crippen molar-refractivity contribution in [3.8, 4) is 0 Å². The molecule has 0 spiro atoms. The SMILES string of the molecule is CCc1ccc(C(COC)NC(=O)CC2(C(=O)O)CCCCCC2)o1. The highest BCUT2D eigenvalue weighted by atomic mass is 16.5. The first-order valence-corrected chi connectivity index (χ1v) is 9.11. The zero-order valence-corrected chi connectivity index (χ0v) is 15.2. The average molecular weight is 351 g/mol. The van der Waals surface area contributed by atoms with Crippen LogP contribution < -0.4 is 5.32 Å². The number of methoxy groups -OCH3 is 1. The summed E-state index contributed by atoms with van der Waals surface area (Å²) in [5, 5.41) is 12.6. The standard InChI is InChI=1S/C19H29NO5/c1-3-14-8-9-16(25-14)15(13-24-2)20-17(21)12-19(18(22)23)10-6-4-5-7-11-19/h8-9,15H,3-7,10-13H2,1-2H3,(H,20,21)(H,22,23). The molecular weight excluding hydrogens is 322 g/mol. The molecule has 25 heavy (non-hydrogen) atoms. The molecule has 0 bridgehead atoms. The molecule has 0 radical (unpaired) electrons. The Bertz CT molecular complexity index is 572. The molecule has 1 amide bonds. The van der Waals surface area contributed by atoms with E-state index in [1.807, 2.05) is 19.1 Å². The Morgan fingerprint density at radius 3 is 2.48 bits per heavy atom. The van der Waals surface area contributed by atoms with Crippen molar-refractivity contribution in [1.82, 2.24) is 5.32 Å². The second-order valence-corrected chi connectivity index (χ2v) is 6.91. The zero-order valence-electron chi connectivity index (χ0n) is 15.2. The van der Waals surface area contributed by atoms with E-state index in [9.17, 15) is 14.7 Å². The quantitative estimate of drug-likeness (QED) is 0.700. The van der Waals surface area contributed by atoms with Crippen molar-refractivity contribution in [3.63, 3.8) is 0 Å². The van der Waals surface area contributed by atoms with Gasteiger partial charge in [-0.3, -0.25) is 9.59 Å². The Morgan fingerprint density at radius 1 is 1.28 bits per heavy atom. The van der Waals surface area contributed by atoms with Crippen LogP contribution in [0.2, 0.25) is 0 Å². The Balaban J connectivity index is 2.07.